The van der Waals surface area contributed by atoms with Gasteiger partial charge in [0, 0.05) is 12.1 Å². The van der Waals surface area contributed by atoms with Crippen LogP contribution < -0.4 is 9.47 Å². The van der Waals surface area contributed by atoms with Crippen LogP contribution in [0.3, 0.4) is 0 Å². The minimum absolute atomic E-state index is 0.0659. The van der Waals surface area contributed by atoms with Crippen molar-refractivity contribution in [2.75, 3.05) is 0 Å². The third kappa shape index (κ3) is 6.48. The van der Waals surface area contributed by atoms with Gasteiger partial charge in [-0.1, -0.05) is 39.5 Å². The quantitative estimate of drug-likeness (QED) is 0.217. The highest BCUT2D eigenvalue weighted by Gasteiger charge is 2.38. The van der Waals surface area contributed by atoms with Crippen LogP contribution in [-0.4, -0.2) is 12.1 Å². The van der Waals surface area contributed by atoms with Gasteiger partial charge in [0.25, 0.3) is 0 Å². The molecular weight excluding hydrogens is 455 g/mol. The van der Waals surface area contributed by atoms with Gasteiger partial charge in [-0.2, -0.15) is 13.2 Å². The first-order chi connectivity index (χ1) is 16.1. The van der Waals surface area contributed by atoms with Gasteiger partial charge in [0.2, 0.25) is 0 Å². The van der Waals surface area contributed by atoms with E-state index in [1.54, 1.807) is 12.1 Å². The summed E-state index contributed by atoms with van der Waals surface area (Å²) in [6.45, 7) is 4.33. The van der Waals surface area contributed by atoms with Crippen molar-refractivity contribution >= 4 is 5.97 Å². The lowest BCUT2D eigenvalue weighted by Crippen LogP contribution is -2.34. The Bertz CT molecular complexity index is 942. The Morgan fingerprint density at radius 3 is 2.12 bits per heavy atom. The number of ether oxygens (including phenoxy) is 2. The summed E-state index contributed by atoms with van der Waals surface area (Å²) < 4.78 is 76.8. The minimum atomic E-state index is -5.20. The maximum absolute atomic E-state index is 13.7. The Kier molecular flexibility index (Phi) is 8.55. The van der Waals surface area contributed by atoms with Gasteiger partial charge >= 0.3 is 12.1 Å². The van der Waals surface area contributed by atoms with Crippen LogP contribution in [0.15, 0.2) is 36.4 Å². The molecule has 0 aliphatic heterocycles. The number of carbonyl (C=O) groups is 1. The molecule has 1 fully saturated rings. The van der Waals surface area contributed by atoms with Crippen molar-refractivity contribution in [3.05, 3.63) is 59.2 Å². The highest BCUT2D eigenvalue weighted by Crippen LogP contribution is 2.36. The molecule has 3 rings (SSSR count). The predicted octanol–water partition coefficient (Wildman–Crippen LogP) is 7.97. The number of esters is 1. The van der Waals surface area contributed by atoms with Crippen LogP contribution in [0.2, 0.25) is 0 Å². The van der Waals surface area contributed by atoms with Gasteiger partial charge in [0.1, 0.15) is 34.8 Å². The lowest BCUT2D eigenvalue weighted by molar-refractivity contribution is -0.142. The zero-order chi connectivity index (χ0) is 24.9. The van der Waals surface area contributed by atoms with Crippen LogP contribution in [0.5, 0.6) is 11.5 Å². The van der Waals surface area contributed by atoms with Gasteiger partial charge in [-0.15, -0.1) is 0 Å². The van der Waals surface area contributed by atoms with E-state index in [4.69, 9.17) is 9.47 Å². The fraction of sp³-hybridized carbons (Fsp3) is 0.500. The van der Waals surface area contributed by atoms with Crippen LogP contribution >= 0.6 is 0 Å². The third-order valence-electron chi connectivity index (χ3n) is 6.29. The number of benzene rings is 2. The van der Waals surface area contributed by atoms with Crippen LogP contribution in [0, 0.1) is 23.5 Å². The summed E-state index contributed by atoms with van der Waals surface area (Å²) in [5.74, 6) is -3.86. The van der Waals surface area contributed by atoms with E-state index in [1.807, 2.05) is 0 Å². The Labute approximate surface area is 196 Å². The molecule has 2 aromatic rings. The molecule has 1 aliphatic carbocycles. The fourth-order valence-corrected chi connectivity index (χ4v) is 4.63. The molecule has 2 unspecified atom stereocenters. The molecule has 8 heteroatoms. The number of hydrogen-bond acceptors (Lipinski definition) is 3. The molecule has 3 nitrogen and oxygen atoms in total. The second-order valence-electron chi connectivity index (χ2n) is 8.92. The predicted molar refractivity (Wildman–Crippen MR) is 118 cm³/mol. The maximum Gasteiger partial charge on any atom is 0.422 e. The van der Waals surface area contributed by atoms with Crippen LogP contribution in [0.4, 0.5) is 22.0 Å². The van der Waals surface area contributed by atoms with Crippen LogP contribution in [0.25, 0.3) is 0 Å². The van der Waals surface area contributed by atoms with Gasteiger partial charge < -0.3 is 9.47 Å². The van der Waals surface area contributed by atoms with Gasteiger partial charge in [0.05, 0.1) is 5.56 Å². The van der Waals surface area contributed by atoms with Gasteiger partial charge in [0.15, 0.2) is 0 Å². The highest BCUT2D eigenvalue weighted by atomic mass is 19.4. The van der Waals surface area contributed by atoms with Crippen molar-refractivity contribution in [3.8, 4) is 11.5 Å². The molecule has 0 saturated heterocycles. The zero-order valence-corrected chi connectivity index (χ0v) is 19.3. The van der Waals surface area contributed by atoms with E-state index in [2.05, 4.69) is 13.8 Å². The van der Waals surface area contributed by atoms with E-state index in [-0.39, 0.29) is 11.7 Å². The third-order valence-corrected chi connectivity index (χ3v) is 6.29. The van der Waals surface area contributed by atoms with E-state index in [0.29, 0.717) is 29.7 Å². The molecule has 2 atom stereocenters. The molecule has 2 aromatic carbocycles. The van der Waals surface area contributed by atoms with Crippen LogP contribution in [0.1, 0.15) is 74.7 Å². The van der Waals surface area contributed by atoms with Crippen molar-refractivity contribution in [3.63, 3.8) is 0 Å². The molecule has 1 aliphatic rings. The summed E-state index contributed by atoms with van der Waals surface area (Å²) in [6.07, 6.45) is 2.86. The van der Waals surface area contributed by atoms with Gasteiger partial charge in [-0.3, -0.25) is 0 Å². The smallest absolute Gasteiger partial charge is 0.422 e. The molecule has 186 valence electrons. The highest BCUT2D eigenvalue weighted by molar-refractivity contribution is 5.91. The lowest BCUT2D eigenvalue weighted by atomic mass is 9.79. The van der Waals surface area contributed by atoms with Gasteiger partial charge in [-0.25, -0.2) is 13.6 Å². The summed E-state index contributed by atoms with van der Waals surface area (Å²) in [7, 11) is 0. The topological polar surface area (TPSA) is 35.5 Å². The zero-order valence-electron chi connectivity index (χ0n) is 19.3. The van der Waals surface area contributed by atoms with E-state index in [0.717, 1.165) is 25.7 Å². The number of rotatable bonds is 8. The standard InChI is InChI=1S/C26H29F5O3/c1-3-7-16(2)24(17-8-5-4-6-9-17)33-19-12-10-18(11-13-19)25(32)34-20-14-21(27)23(22(28)15-20)26(29,30)31/h10-17,24H,3-9H2,1-2H3. The summed E-state index contributed by atoms with van der Waals surface area (Å²) in [5, 5.41) is 0. The van der Waals surface area contributed by atoms with Gasteiger partial charge in [-0.05, 0) is 55.4 Å². The summed E-state index contributed by atoms with van der Waals surface area (Å²) in [5.41, 5.74) is -1.96. The number of hydrogen-bond donors (Lipinski definition) is 0. The largest absolute Gasteiger partial charge is 0.490 e. The van der Waals surface area contributed by atoms with Crippen LogP contribution in [-0.2, 0) is 6.18 Å². The van der Waals surface area contributed by atoms with E-state index >= 15 is 0 Å². The first-order valence-electron chi connectivity index (χ1n) is 11.6. The lowest BCUT2D eigenvalue weighted by Gasteiger charge is -2.34. The van der Waals surface area contributed by atoms with E-state index in [9.17, 15) is 26.7 Å². The number of carbonyl (C=O) groups excluding carboxylic acids is 1. The van der Waals surface area contributed by atoms with E-state index < -0.39 is 35.1 Å². The molecule has 34 heavy (non-hydrogen) atoms. The minimum Gasteiger partial charge on any atom is -0.490 e. The molecular formula is C26H29F5O3. The average Bonchev–Trinajstić information content (AvgIpc) is 2.77. The monoisotopic (exact) mass is 484 g/mol. The molecule has 0 N–H and O–H groups in total. The Morgan fingerprint density at radius 2 is 1.59 bits per heavy atom. The van der Waals surface area contributed by atoms with E-state index in [1.165, 1.54) is 31.4 Å². The molecule has 0 aromatic heterocycles. The molecule has 0 spiro atoms. The normalized spacial score (nSPS) is 16.7. The summed E-state index contributed by atoms with van der Waals surface area (Å²) >= 11 is 0. The Hall–Kier alpha value is -2.64. The molecule has 0 radical (unpaired) electrons. The second-order valence-corrected chi connectivity index (χ2v) is 8.92. The first kappa shape index (κ1) is 26.0. The molecule has 0 bridgehead atoms. The Morgan fingerprint density at radius 1 is 1.00 bits per heavy atom. The summed E-state index contributed by atoms with van der Waals surface area (Å²) in [4.78, 5) is 12.4. The number of halogens is 5. The molecule has 0 heterocycles. The second kappa shape index (κ2) is 11.2. The van der Waals surface area contributed by atoms with Crippen molar-refractivity contribution in [2.24, 2.45) is 11.8 Å². The van der Waals surface area contributed by atoms with Crippen molar-refractivity contribution in [2.45, 2.75) is 71.1 Å². The molecule has 1 saturated carbocycles. The average molecular weight is 485 g/mol. The van der Waals surface area contributed by atoms with Crippen molar-refractivity contribution in [1.82, 2.24) is 0 Å². The number of alkyl halides is 3. The first-order valence-corrected chi connectivity index (χ1v) is 11.6. The van der Waals surface area contributed by atoms with Crippen molar-refractivity contribution < 1.29 is 36.2 Å². The Balaban J connectivity index is 1.70. The SMILES string of the molecule is CCCC(C)C(Oc1ccc(C(=O)Oc2cc(F)c(C(F)(F)F)c(F)c2)cc1)C1CCCCC1. The maximum atomic E-state index is 13.7. The summed E-state index contributed by atoms with van der Waals surface area (Å²) in [6, 6.07) is 6.84. The fourth-order valence-electron chi connectivity index (χ4n) is 4.63. The van der Waals surface area contributed by atoms with Crippen molar-refractivity contribution in [1.29, 1.82) is 0 Å². The molecule has 0 amide bonds.